The zero-order valence-corrected chi connectivity index (χ0v) is 7.93. The zero-order chi connectivity index (χ0) is 9.90. The van der Waals surface area contributed by atoms with Gasteiger partial charge in [0, 0.05) is 10.7 Å². The third-order valence-electron chi connectivity index (χ3n) is 1.23. The Balaban J connectivity index is 2.99. The van der Waals surface area contributed by atoms with Crippen molar-refractivity contribution in [1.82, 2.24) is 0 Å². The highest BCUT2D eigenvalue weighted by Crippen LogP contribution is 2.12. The third kappa shape index (κ3) is 3.32. The van der Waals surface area contributed by atoms with Gasteiger partial charge < -0.3 is 0 Å². The summed E-state index contributed by atoms with van der Waals surface area (Å²) in [6.07, 6.45) is 0. The Kier molecular flexibility index (Phi) is 2.76. The number of anilines is 1. The van der Waals surface area contributed by atoms with Crippen molar-refractivity contribution in [2.75, 3.05) is 4.72 Å². The van der Waals surface area contributed by atoms with E-state index in [9.17, 15) is 8.42 Å². The summed E-state index contributed by atoms with van der Waals surface area (Å²) in [6, 6.07) is 7.88. The molecule has 68 valence electrons. The Morgan fingerprint density at radius 3 is 2.69 bits per heavy atom. The number of hydrogen-bond donors (Lipinski definition) is 1. The summed E-state index contributed by atoms with van der Waals surface area (Å²) in [5.74, 6) is 0. The van der Waals surface area contributed by atoms with Gasteiger partial charge in [-0.1, -0.05) is 6.07 Å². The second-order valence-corrected chi connectivity index (χ2v) is 4.53. The van der Waals surface area contributed by atoms with Crippen molar-refractivity contribution in [3.63, 3.8) is 0 Å². The molecule has 0 aliphatic heterocycles. The maximum Gasteiger partial charge on any atom is 0.319 e. The molecular weight excluding hydrogens is 212 g/mol. The number of rotatable bonds is 2. The average Bonchev–Trinajstić information content (AvgIpc) is 2.01. The molecule has 0 saturated heterocycles. The summed E-state index contributed by atoms with van der Waals surface area (Å²) >= 11 is 0. The van der Waals surface area contributed by atoms with E-state index in [0.29, 0.717) is 5.56 Å². The van der Waals surface area contributed by atoms with Crippen LogP contribution < -0.4 is 4.72 Å². The largest absolute Gasteiger partial charge is 0.319 e. The SMILES string of the molecule is N#Cc1cccc(NS(=O)(=O)Cl)c1. The van der Waals surface area contributed by atoms with Crippen LogP contribution in [0.25, 0.3) is 0 Å². The van der Waals surface area contributed by atoms with Gasteiger partial charge in [0.25, 0.3) is 0 Å². The maximum absolute atomic E-state index is 10.6. The summed E-state index contributed by atoms with van der Waals surface area (Å²) in [5, 5.41) is 8.50. The Morgan fingerprint density at radius 2 is 2.15 bits per heavy atom. The molecule has 0 bridgehead atoms. The van der Waals surface area contributed by atoms with Gasteiger partial charge >= 0.3 is 9.24 Å². The van der Waals surface area contributed by atoms with E-state index >= 15 is 0 Å². The van der Waals surface area contributed by atoms with Gasteiger partial charge in [-0.2, -0.15) is 13.7 Å². The highest BCUT2D eigenvalue weighted by Gasteiger charge is 2.03. The quantitative estimate of drug-likeness (QED) is 0.761. The second-order valence-electron chi connectivity index (χ2n) is 2.23. The lowest BCUT2D eigenvalue weighted by Gasteiger charge is -2.00. The van der Waals surface area contributed by atoms with Gasteiger partial charge in [-0.15, -0.1) is 0 Å². The van der Waals surface area contributed by atoms with Crippen LogP contribution in [0.1, 0.15) is 5.56 Å². The summed E-state index contributed by atoms with van der Waals surface area (Å²) in [6.45, 7) is 0. The first-order valence-electron chi connectivity index (χ1n) is 3.24. The zero-order valence-electron chi connectivity index (χ0n) is 6.36. The van der Waals surface area contributed by atoms with Crippen molar-refractivity contribution < 1.29 is 8.42 Å². The fourth-order valence-electron chi connectivity index (χ4n) is 0.793. The Bertz CT molecular complexity index is 450. The first kappa shape index (κ1) is 9.84. The molecule has 6 heteroatoms. The van der Waals surface area contributed by atoms with Gasteiger partial charge in [-0.3, -0.25) is 4.72 Å². The summed E-state index contributed by atoms with van der Waals surface area (Å²) in [4.78, 5) is 0. The monoisotopic (exact) mass is 216 g/mol. The van der Waals surface area contributed by atoms with Crippen LogP contribution in [0.15, 0.2) is 24.3 Å². The molecule has 1 N–H and O–H groups in total. The number of nitrogens with one attached hydrogen (secondary N) is 1. The van der Waals surface area contributed by atoms with E-state index in [1.165, 1.54) is 12.1 Å². The Hall–Kier alpha value is -1.25. The van der Waals surface area contributed by atoms with E-state index in [2.05, 4.69) is 0 Å². The van der Waals surface area contributed by atoms with Crippen LogP contribution in [0.4, 0.5) is 5.69 Å². The number of nitrogens with zero attached hydrogens (tertiary/aromatic N) is 1. The molecule has 0 saturated carbocycles. The van der Waals surface area contributed by atoms with Gasteiger partial charge in [0.2, 0.25) is 0 Å². The fourth-order valence-corrected chi connectivity index (χ4v) is 1.47. The topological polar surface area (TPSA) is 70.0 Å². The predicted molar refractivity (Wildman–Crippen MR) is 49.6 cm³/mol. The molecule has 0 atom stereocenters. The summed E-state index contributed by atoms with van der Waals surface area (Å²) < 4.78 is 23.2. The molecule has 0 aromatic heterocycles. The van der Waals surface area contributed by atoms with E-state index in [1.54, 1.807) is 12.1 Å². The average molecular weight is 217 g/mol. The number of benzene rings is 1. The molecule has 1 aromatic rings. The van der Waals surface area contributed by atoms with Gasteiger partial charge in [-0.05, 0) is 18.2 Å². The van der Waals surface area contributed by atoms with E-state index < -0.39 is 9.24 Å². The van der Waals surface area contributed by atoms with Gasteiger partial charge in [0.1, 0.15) is 0 Å². The molecule has 0 spiro atoms. The molecule has 0 amide bonds. The van der Waals surface area contributed by atoms with Crippen LogP contribution >= 0.6 is 10.7 Å². The molecule has 0 aliphatic rings. The smallest absolute Gasteiger partial charge is 0.271 e. The molecule has 4 nitrogen and oxygen atoms in total. The molecular formula is C7H5ClN2O2S. The molecule has 13 heavy (non-hydrogen) atoms. The molecule has 0 fully saturated rings. The Labute approximate surface area is 80.3 Å². The van der Waals surface area contributed by atoms with Gasteiger partial charge in [-0.25, -0.2) is 0 Å². The van der Waals surface area contributed by atoms with Crippen molar-refractivity contribution in [2.45, 2.75) is 0 Å². The molecule has 0 heterocycles. The lowest BCUT2D eigenvalue weighted by molar-refractivity contribution is 0.614. The molecule has 0 aliphatic carbocycles. The van der Waals surface area contributed by atoms with Crippen LogP contribution in [0, 0.1) is 11.3 Å². The summed E-state index contributed by atoms with van der Waals surface area (Å²) in [7, 11) is 1.15. The van der Waals surface area contributed by atoms with E-state index in [4.69, 9.17) is 15.9 Å². The van der Waals surface area contributed by atoms with E-state index in [1.807, 2.05) is 10.8 Å². The number of halogens is 1. The minimum atomic E-state index is -3.79. The van der Waals surface area contributed by atoms with Crippen LogP contribution in [0.2, 0.25) is 0 Å². The van der Waals surface area contributed by atoms with Crippen molar-refractivity contribution in [3.05, 3.63) is 29.8 Å². The standard InChI is InChI=1S/C7H5ClN2O2S/c8-13(11,12)10-7-3-1-2-6(4-7)5-9/h1-4,10H. The third-order valence-corrected chi connectivity index (χ3v) is 1.94. The first-order valence-corrected chi connectivity index (χ1v) is 5.55. The summed E-state index contributed by atoms with van der Waals surface area (Å²) in [5.41, 5.74) is 0.638. The van der Waals surface area contributed by atoms with Crippen LogP contribution in [-0.4, -0.2) is 8.42 Å². The lowest BCUT2D eigenvalue weighted by Crippen LogP contribution is -2.03. The lowest BCUT2D eigenvalue weighted by atomic mass is 10.2. The molecule has 1 aromatic carbocycles. The fraction of sp³-hybridized carbons (Fsp3) is 0. The minimum absolute atomic E-state index is 0.272. The molecule has 1 rings (SSSR count). The maximum atomic E-state index is 10.6. The first-order chi connectivity index (χ1) is 6.01. The van der Waals surface area contributed by atoms with Gasteiger partial charge in [0.05, 0.1) is 17.3 Å². The normalized spacial score (nSPS) is 10.5. The number of hydrogen-bond acceptors (Lipinski definition) is 3. The van der Waals surface area contributed by atoms with Crippen molar-refractivity contribution in [1.29, 1.82) is 5.26 Å². The highest BCUT2D eigenvalue weighted by molar-refractivity contribution is 8.14. The molecule has 0 radical (unpaired) electrons. The van der Waals surface area contributed by atoms with E-state index in [-0.39, 0.29) is 5.69 Å². The van der Waals surface area contributed by atoms with Crippen molar-refractivity contribution in [3.8, 4) is 6.07 Å². The second kappa shape index (κ2) is 3.64. The highest BCUT2D eigenvalue weighted by atomic mass is 35.7. The minimum Gasteiger partial charge on any atom is -0.271 e. The predicted octanol–water partition coefficient (Wildman–Crippen LogP) is 1.45. The van der Waals surface area contributed by atoms with Crippen molar-refractivity contribution >= 4 is 25.6 Å². The van der Waals surface area contributed by atoms with Crippen LogP contribution in [-0.2, 0) is 9.24 Å². The Morgan fingerprint density at radius 1 is 1.46 bits per heavy atom. The van der Waals surface area contributed by atoms with Crippen LogP contribution in [0.5, 0.6) is 0 Å². The van der Waals surface area contributed by atoms with E-state index in [0.717, 1.165) is 0 Å². The van der Waals surface area contributed by atoms with Crippen LogP contribution in [0.3, 0.4) is 0 Å². The van der Waals surface area contributed by atoms with Gasteiger partial charge in [0.15, 0.2) is 0 Å². The number of nitriles is 1. The molecule has 0 unspecified atom stereocenters. The van der Waals surface area contributed by atoms with Crippen molar-refractivity contribution in [2.24, 2.45) is 0 Å².